The average Bonchev–Trinajstić information content (AvgIpc) is 1.85. The number of carbonyl (C=O) groups is 1. The number of esters is 1. The fourth-order valence-electron chi connectivity index (χ4n) is 0.640. The average molecular weight is 160 g/mol. The van der Waals surface area contributed by atoms with Gasteiger partial charge in [0.1, 0.15) is 0 Å². The highest BCUT2D eigenvalue weighted by atomic mass is 16.5. The van der Waals surface area contributed by atoms with Crippen LogP contribution in [0.25, 0.3) is 0 Å². The molecule has 0 aliphatic heterocycles. The molecule has 0 rings (SSSR count). The molecule has 2 atom stereocenters. The van der Waals surface area contributed by atoms with E-state index in [1.807, 2.05) is 20.8 Å². The maximum absolute atomic E-state index is 11.0. The second kappa shape index (κ2) is 5.13. The molecule has 0 saturated heterocycles. The zero-order chi connectivity index (χ0) is 8.85. The van der Waals surface area contributed by atoms with E-state index in [4.69, 9.17) is 4.74 Å². The van der Waals surface area contributed by atoms with Crippen LogP contribution < -0.4 is 5.73 Å². The maximum Gasteiger partial charge on any atom is 0.312 e. The summed E-state index contributed by atoms with van der Waals surface area (Å²) in [6.07, 6.45) is 1.34. The molecule has 0 amide bonds. The van der Waals surface area contributed by atoms with Crippen LogP contribution in [0, 0.1) is 0 Å². The summed E-state index contributed by atoms with van der Waals surface area (Å²) in [5, 5.41) is 0. The first kappa shape index (κ1) is 10.4. The fourth-order valence-corrected chi connectivity index (χ4v) is 0.640. The lowest BCUT2D eigenvalue weighted by molar-refractivity contribution is -0.413. The molecule has 11 heavy (non-hydrogen) atoms. The maximum atomic E-state index is 11.0. The first-order chi connectivity index (χ1) is 5.06. The standard InChI is InChI=1S/C8H17NO2/c1-4-7(3)11-8(10)5-6(2)9/h6-7H,4-5,9H2,1-3H3/p+1. The van der Waals surface area contributed by atoms with E-state index >= 15 is 0 Å². The van der Waals surface area contributed by atoms with Crippen molar-refractivity contribution in [1.29, 1.82) is 0 Å². The molecule has 0 spiro atoms. The van der Waals surface area contributed by atoms with Gasteiger partial charge in [0.25, 0.3) is 0 Å². The van der Waals surface area contributed by atoms with E-state index < -0.39 is 0 Å². The molecule has 0 saturated carbocycles. The molecule has 0 aromatic rings. The molecule has 0 fully saturated rings. The molecule has 3 heteroatoms. The van der Waals surface area contributed by atoms with Gasteiger partial charge in [0.2, 0.25) is 0 Å². The van der Waals surface area contributed by atoms with Crippen LogP contribution in [0.3, 0.4) is 0 Å². The Morgan fingerprint density at radius 3 is 2.45 bits per heavy atom. The zero-order valence-electron chi connectivity index (χ0n) is 7.59. The first-order valence-electron chi connectivity index (χ1n) is 4.08. The van der Waals surface area contributed by atoms with Gasteiger partial charge in [0.15, 0.2) is 0 Å². The summed E-state index contributed by atoms with van der Waals surface area (Å²) in [5.41, 5.74) is 3.71. The molecule has 0 heterocycles. The largest absolute Gasteiger partial charge is 0.462 e. The number of ether oxygens (including phenoxy) is 1. The monoisotopic (exact) mass is 160 g/mol. The van der Waals surface area contributed by atoms with Gasteiger partial charge in [0.05, 0.1) is 18.6 Å². The molecule has 0 aliphatic carbocycles. The van der Waals surface area contributed by atoms with Crippen molar-refractivity contribution in [3.63, 3.8) is 0 Å². The second-order valence-corrected chi connectivity index (χ2v) is 3.02. The predicted octanol–water partition coefficient (Wildman–Crippen LogP) is 0.349. The van der Waals surface area contributed by atoms with Crippen LogP contribution >= 0.6 is 0 Å². The number of rotatable bonds is 4. The third-order valence-electron chi connectivity index (χ3n) is 1.42. The van der Waals surface area contributed by atoms with E-state index in [-0.39, 0.29) is 18.1 Å². The first-order valence-corrected chi connectivity index (χ1v) is 4.08. The summed E-state index contributed by atoms with van der Waals surface area (Å²) < 4.78 is 5.03. The predicted molar refractivity (Wildman–Crippen MR) is 42.8 cm³/mol. The summed E-state index contributed by atoms with van der Waals surface area (Å²) in [6, 6.07) is 0.145. The van der Waals surface area contributed by atoms with Crippen LogP contribution in [0.4, 0.5) is 0 Å². The van der Waals surface area contributed by atoms with Gasteiger partial charge >= 0.3 is 5.97 Å². The second-order valence-electron chi connectivity index (χ2n) is 3.02. The topological polar surface area (TPSA) is 53.9 Å². The van der Waals surface area contributed by atoms with Crippen LogP contribution in [0.5, 0.6) is 0 Å². The minimum atomic E-state index is -0.137. The molecular formula is C8H18NO2+. The van der Waals surface area contributed by atoms with Gasteiger partial charge in [-0.3, -0.25) is 4.79 Å². The Morgan fingerprint density at radius 2 is 2.09 bits per heavy atom. The lowest BCUT2D eigenvalue weighted by Crippen LogP contribution is -2.59. The fraction of sp³-hybridized carbons (Fsp3) is 0.875. The summed E-state index contributed by atoms with van der Waals surface area (Å²) in [4.78, 5) is 11.0. The molecule has 0 radical (unpaired) electrons. The normalized spacial score (nSPS) is 15.6. The highest BCUT2D eigenvalue weighted by molar-refractivity contribution is 5.69. The number of hydrogen-bond acceptors (Lipinski definition) is 2. The molecule has 0 bridgehead atoms. The lowest BCUT2D eigenvalue weighted by Gasteiger charge is -2.10. The van der Waals surface area contributed by atoms with E-state index in [9.17, 15) is 4.79 Å². The van der Waals surface area contributed by atoms with Crippen molar-refractivity contribution in [2.75, 3.05) is 0 Å². The van der Waals surface area contributed by atoms with Crippen LogP contribution in [0.2, 0.25) is 0 Å². The highest BCUT2D eigenvalue weighted by Crippen LogP contribution is 1.98. The molecule has 66 valence electrons. The molecule has 3 nitrogen and oxygen atoms in total. The Morgan fingerprint density at radius 1 is 1.55 bits per heavy atom. The van der Waals surface area contributed by atoms with Gasteiger partial charge in [-0.2, -0.15) is 0 Å². The van der Waals surface area contributed by atoms with Gasteiger partial charge in [0, 0.05) is 0 Å². The molecular weight excluding hydrogens is 142 g/mol. The number of quaternary nitrogens is 1. The van der Waals surface area contributed by atoms with Crippen LogP contribution in [0.1, 0.15) is 33.6 Å². The van der Waals surface area contributed by atoms with Gasteiger partial charge in [-0.15, -0.1) is 0 Å². The summed E-state index contributed by atoms with van der Waals surface area (Å²) in [6.45, 7) is 5.79. The van der Waals surface area contributed by atoms with Crippen molar-refractivity contribution in [2.45, 2.75) is 45.8 Å². The molecule has 0 aromatic heterocycles. The molecule has 0 aromatic carbocycles. The molecule has 2 unspecified atom stereocenters. The van der Waals surface area contributed by atoms with E-state index in [1.54, 1.807) is 0 Å². The summed E-state index contributed by atoms with van der Waals surface area (Å²) >= 11 is 0. The lowest BCUT2D eigenvalue weighted by atomic mass is 10.2. The van der Waals surface area contributed by atoms with Gasteiger partial charge in [-0.25, -0.2) is 0 Å². The Balaban J connectivity index is 3.52. The van der Waals surface area contributed by atoms with Crippen molar-refractivity contribution in [1.82, 2.24) is 0 Å². The zero-order valence-corrected chi connectivity index (χ0v) is 7.59. The van der Waals surface area contributed by atoms with Gasteiger partial charge < -0.3 is 10.5 Å². The SMILES string of the molecule is CCC(C)OC(=O)CC(C)[NH3+]. The van der Waals surface area contributed by atoms with Gasteiger partial charge in [-0.1, -0.05) is 6.92 Å². The Bertz CT molecular complexity index is 123. The number of hydrogen-bond donors (Lipinski definition) is 1. The van der Waals surface area contributed by atoms with Crippen molar-refractivity contribution < 1.29 is 15.3 Å². The molecule has 0 aliphatic rings. The van der Waals surface area contributed by atoms with Crippen LogP contribution in [-0.4, -0.2) is 18.1 Å². The van der Waals surface area contributed by atoms with E-state index in [0.717, 1.165) is 6.42 Å². The molecule has 3 N–H and O–H groups in total. The Hall–Kier alpha value is -0.570. The van der Waals surface area contributed by atoms with Crippen molar-refractivity contribution in [3.05, 3.63) is 0 Å². The highest BCUT2D eigenvalue weighted by Gasteiger charge is 2.10. The smallest absolute Gasteiger partial charge is 0.312 e. The summed E-state index contributed by atoms with van der Waals surface area (Å²) in [7, 11) is 0. The third-order valence-corrected chi connectivity index (χ3v) is 1.42. The minimum absolute atomic E-state index is 0.0428. The van der Waals surface area contributed by atoms with E-state index in [1.165, 1.54) is 0 Å². The Kier molecular flexibility index (Phi) is 4.86. The van der Waals surface area contributed by atoms with Crippen LogP contribution in [0.15, 0.2) is 0 Å². The summed E-state index contributed by atoms with van der Waals surface area (Å²) in [5.74, 6) is -0.137. The van der Waals surface area contributed by atoms with E-state index in [2.05, 4.69) is 5.73 Å². The van der Waals surface area contributed by atoms with Crippen molar-refractivity contribution >= 4 is 5.97 Å². The van der Waals surface area contributed by atoms with Crippen molar-refractivity contribution in [2.24, 2.45) is 0 Å². The van der Waals surface area contributed by atoms with Crippen molar-refractivity contribution in [3.8, 4) is 0 Å². The number of carbonyl (C=O) groups excluding carboxylic acids is 1. The van der Waals surface area contributed by atoms with Crippen LogP contribution in [-0.2, 0) is 9.53 Å². The Labute approximate surface area is 67.9 Å². The van der Waals surface area contributed by atoms with E-state index in [0.29, 0.717) is 6.42 Å². The van der Waals surface area contributed by atoms with Gasteiger partial charge in [-0.05, 0) is 20.3 Å². The minimum Gasteiger partial charge on any atom is -0.462 e. The third kappa shape index (κ3) is 5.85. The quantitative estimate of drug-likeness (QED) is 0.603.